The molecule has 1 aliphatic carbocycles. The molecule has 1 saturated heterocycles. The Balaban J connectivity index is 1.64. The van der Waals surface area contributed by atoms with Crippen LogP contribution >= 0.6 is 0 Å². The van der Waals surface area contributed by atoms with E-state index in [2.05, 4.69) is 16.0 Å². The topological polar surface area (TPSA) is 147 Å². The molecule has 2 fully saturated rings. The molecule has 0 aromatic carbocycles. The second kappa shape index (κ2) is 10.8. The number of nitrogens with zero attached hydrogens (tertiary/aromatic N) is 1. The lowest BCUT2D eigenvalue weighted by Crippen LogP contribution is -2.57. The molecule has 3 rings (SSSR count). The Morgan fingerprint density at radius 3 is 2.55 bits per heavy atom. The van der Waals surface area contributed by atoms with Crippen LogP contribution in [0.2, 0.25) is 0 Å². The molecule has 2 aliphatic rings. The summed E-state index contributed by atoms with van der Waals surface area (Å²) in [5, 5.41) is 8.62. The van der Waals surface area contributed by atoms with Crippen molar-refractivity contribution >= 4 is 23.8 Å². The second-order valence-corrected chi connectivity index (χ2v) is 8.13. The lowest BCUT2D eigenvalue weighted by atomic mass is 9.96. The summed E-state index contributed by atoms with van der Waals surface area (Å²) >= 11 is 0. The maximum Gasteiger partial charge on any atom is 0.315 e. The third-order valence-corrected chi connectivity index (χ3v) is 5.82. The first-order chi connectivity index (χ1) is 15.0. The van der Waals surface area contributed by atoms with Crippen LogP contribution in [0.4, 0.5) is 4.79 Å². The zero-order valence-corrected chi connectivity index (χ0v) is 17.6. The van der Waals surface area contributed by atoms with E-state index in [9.17, 15) is 19.2 Å². The Hall–Kier alpha value is -3.04. The molecule has 1 aliphatic heterocycles. The molecule has 5 amide bonds. The molecule has 31 heavy (non-hydrogen) atoms. The van der Waals surface area contributed by atoms with Crippen LogP contribution in [0.1, 0.15) is 61.9 Å². The smallest absolute Gasteiger partial charge is 0.315 e. The summed E-state index contributed by atoms with van der Waals surface area (Å²) in [6.45, 7) is 0.565. The fourth-order valence-corrected chi connectivity index (χ4v) is 4.26. The summed E-state index contributed by atoms with van der Waals surface area (Å²) in [5.41, 5.74) is 5.13. The summed E-state index contributed by atoms with van der Waals surface area (Å²) < 4.78 is 5.20. The SMILES string of the molecule is NC(=O)CCCNC(=O)C1C(NC(=O)NC2CCCCC2)CCN1C(=O)c1ccco1. The number of hydrogen-bond acceptors (Lipinski definition) is 5. The lowest BCUT2D eigenvalue weighted by Gasteiger charge is -2.28. The molecule has 170 valence electrons. The summed E-state index contributed by atoms with van der Waals surface area (Å²) in [5.74, 6) is -1.09. The molecule has 10 heteroatoms. The second-order valence-electron chi connectivity index (χ2n) is 8.13. The van der Waals surface area contributed by atoms with Crippen LogP contribution in [0.5, 0.6) is 0 Å². The quantitative estimate of drug-likeness (QED) is 0.449. The van der Waals surface area contributed by atoms with Gasteiger partial charge in [0.05, 0.1) is 12.3 Å². The number of nitrogens with one attached hydrogen (secondary N) is 3. The third kappa shape index (κ3) is 6.22. The van der Waals surface area contributed by atoms with Crippen molar-refractivity contribution in [1.82, 2.24) is 20.9 Å². The molecule has 1 saturated carbocycles. The minimum absolute atomic E-state index is 0.136. The van der Waals surface area contributed by atoms with Crippen molar-refractivity contribution < 1.29 is 23.6 Å². The predicted molar refractivity (Wildman–Crippen MR) is 112 cm³/mol. The first kappa shape index (κ1) is 22.6. The van der Waals surface area contributed by atoms with E-state index in [1.54, 1.807) is 12.1 Å². The van der Waals surface area contributed by atoms with Gasteiger partial charge in [-0.1, -0.05) is 19.3 Å². The highest BCUT2D eigenvalue weighted by Gasteiger charge is 2.43. The molecule has 1 aromatic heterocycles. The highest BCUT2D eigenvalue weighted by Crippen LogP contribution is 2.22. The molecule has 1 aromatic rings. The summed E-state index contributed by atoms with van der Waals surface area (Å²) in [7, 11) is 0. The fraction of sp³-hybridized carbons (Fsp3) is 0.619. The van der Waals surface area contributed by atoms with Crippen molar-refractivity contribution in [3.63, 3.8) is 0 Å². The van der Waals surface area contributed by atoms with Gasteiger partial charge in [0.1, 0.15) is 6.04 Å². The van der Waals surface area contributed by atoms with Crippen LogP contribution in [0, 0.1) is 0 Å². The average molecular weight is 434 g/mol. The van der Waals surface area contributed by atoms with Crippen LogP contribution in [0.25, 0.3) is 0 Å². The summed E-state index contributed by atoms with van der Waals surface area (Å²) in [4.78, 5) is 50.7. The number of nitrogens with two attached hydrogens (primary N) is 1. The Labute approximate surface area is 181 Å². The highest BCUT2D eigenvalue weighted by atomic mass is 16.3. The molecule has 0 radical (unpaired) electrons. The monoisotopic (exact) mass is 433 g/mol. The van der Waals surface area contributed by atoms with Crippen molar-refractivity contribution in [3.8, 4) is 0 Å². The standard InChI is InChI=1S/C21H31N5O5/c22-17(27)9-4-11-23-19(28)18-15(25-21(30)24-14-6-2-1-3-7-14)10-12-26(18)20(29)16-8-5-13-31-16/h5,8,13-15,18H,1-4,6-7,9-12H2,(H2,22,27)(H,23,28)(H2,24,25,30). The van der Waals surface area contributed by atoms with Gasteiger partial charge in [-0.15, -0.1) is 0 Å². The van der Waals surface area contributed by atoms with Crippen molar-refractivity contribution in [1.29, 1.82) is 0 Å². The zero-order valence-electron chi connectivity index (χ0n) is 17.6. The van der Waals surface area contributed by atoms with E-state index in [-0.39, 0.29) is 36.7 Å². The Morgan fingerprint density at radius 2 is 1.87 bits per heavy atom. The van der Waals surface area contributed by atoms with Gasteiger partial charge in [0.25, 0.3) is 5.91 Å². The van der Waals surface area contributed by atoms with Crippen LogP contribution in [-0.2, 0) is 9.59 Å². The molecular weight excluding hydrogens is 402 g/mol. The summed E-state index contributed by atoms with van der Waals surface area (Å²) in [6, 6.07) is 1.56. The van der Waals surface area contributed by atoms with Gasteiger partial charge in [-0.2, -0.15) is 0 Å². The van der Waals surface area contributed by atoms with E-state index in [0.717, 1.165) is 25.7 Å². The summed E-state index contributed by atoms with van der Waals surface area (Å²) in [6.07, 6.45) is 7.68. The van der Waals surface area contributed by atoms with E-state index in [1.807, 2.05) is 0 Å². The third-order valence-electron chi connectivity index (χ3n) is 5.82. The van der Waals surface area contributed by atoms with Gasteiger partial charge in [0, 0.05) is 25.6 Å². The number of hydrogen-bond donors (Lipinski definition) is 4. The Morgan fingerprint density at radius 1 is 1.10 bits per heavy atom. The maximum absolute atomic E-state index is 12.9. The van der Waals surface area contributed by atoms with E-state index in [0.29, 0.717) is 19.4 Å². The molecule has 2 atom stereocenters. The number of carbonyl (C=O) groups is 4. The molecule has 5 N–H and O–H groups in total. The van der Waals surface area contributed by atoms with Crippen molar-refractivity contribution in [2.45, 2.75) is 69.5 Å². The molecule has 0 bridgehead atoms. The number of carbonyl (C=O) groups excluding carboxylic acids is 4. The lowest BCUT2D eigenvalue weighted by molar-refractivity contribution is -0.125. The minimum Gasteiger partial charge on any atom is -0.459 e. The first-order valence-corrected chi connectivity index (χ1v) is 10.9. The van der Waals surface area contributed by atoms with Crippen LogP contribution in [0.3, 0.4) is 0 Å². The van der Waals surface area contributed by atoms with E-state index < -0.39 is 23.9 Å². The maximum atomic E-state index is 12.9. The van der Waals surface area contributed by atoms with Crippen LogP contribution < -0.4 is 21.7 Å². The van der Waals surface area contributed by atoms with E-state index >= 15 is 0 Å². The van der Waals surface area contributed by atoms with Crippen LogP contribution in [0.15, 0.2) is 22.8 Å². The number of rotatable bonds is 8. The molecule has 0 spiro atoms. The Bertz CT molecular complexity index is 775. The number of primary amides is 1. The number of amides is 5. The number of urea groups is 1. The van der Waals surface area contributed by atoms with Gasteiger partial charge in [0.2, 0.25) is 11.8 Å². The van der Waals surface area contributed by atoms with Gasteiger partial charge in [-0.3, -0.25) is 14.4 Å². The zero-order chi connectivity index (χ0) is 22.2. The van der Waals surface area contributed by atoms with Crippen molar-refractivity contribution in [3.05, 3.63) is 24.2 Å². The first-order valence-electron chi connectivity index (χ1n) is 10.9. The Kier molecular flexibility index (Phi) is 7.91. The average Bonchev–Trinajstić information content (AvgIpc) is 3.41. The molecule has 10 nitrogen and oxygen atoms in total. The van der Waals surface area contributed by atoms with Crippen molar-refractivity contribution in [2.24, 2.45) is 5.73 Å². The van der Waals surface area contributed by atoms with E-state index in [4.69, 9.17) is 10.2 Å². The highest BCUT2D eigenvalue weighted by molar-refractivity contribution is 5.96. The number of likely N-dealkylation sites (tertiary alicyclic amines) is 1. The largest absolute Gasteiger partial charge is 0.459 e. The van der Waals surface area contributed by atoms with E-state index in [1.165, 1.54) is 17.6 Å². The van der Waals surface area contributed by atoms with Gasteiger partial charge in [-0.05, 0) is 37.8 Å². The van der Waals surface area contributed by atoms with Gasteiger partial charge >= 0.3 is 6.03 Å². The normalized spacial score (nSPS) is 21.5. The minimum atomic E-state index is -0.872. The van der Waals surface area contributed by atoms with Gasteiger partial charge in [0.15, 0.2) is 5.76 Å². The number of furan rings is 1. The molecule has 2 heterocycles. The predicted octanol–water partition coefficient (Wildman–Crippen LogP) is 0.876. The van der Waals surface area contributed by atoms with Crippen molar-refractivity contribution in [2.75, 3.05) is 13.1 Å². The molecular formula is C21H31N5O5. The van der Waals surface area contributed by atoms with Crippen LogP contribution in [-0.4, -0.2) is 59.9 Å². The fourth-order valence-electron chi connectivity index (χ4n) is 4.26. The van der Waals surface area contributed by atoms with Gasteiger partial charge < -0.3 is 31.0 Å². The molecule has 2 unspecified atom stereocenters. The van der Waals surface area contributed by atoms with Gasteiger partial charge in [-0.25, -0.2) is 4.79 Å².